The van der Waals surface area contributed by atoms with Gasteiger partial charge in [-0.25, -0.2) is 0 Å². The van der Waals surface area contributed by atoms with Crippen molar-refractivity contribution in [2.75, 3.05) is 20.0 Å². The first-order valence-corrected chi connectivity index (χ1v) is 9.98. The Morgan fingerprint density at radius 3 is 1.40 bits per heavy atom. The third kappa shape index (κ3) is 1.67. The van der Waals surface area contributed by atoms with E-state index >= 15 is 0 Å². The molecule has 0 aromatic rings. The van der Waals surface area contributed by atoms with E-state index in [1.807, 2.05) is 0 Å². The van der Waals surface area contributed by atoms with Crippen LogP contribution in [0.5, 0.6) is 0 Å². The van der Waals surface area contributed by atoms with Crippen molar-refractivity contribution < 1.29 is 5.48 Å². The molecule has 2 N–H and O–H groups in total. The van der Waals surface area contributed by atoms with Crippen LogP contribution in [0.25, 0.3) is 0 Å². The maximum atomic E-state index is 2.63. The van der Waals surface area contributed by atoms with Crippen molar-refractivity contribution >= 4 is 7.26 Å². The average Bonchev–Trinajstić information content (AvgIpc) is 1.98. The Morgan fingerprint density at radius 2 is 1.13 bits per heavy atom. The fraction of sp³-hybridized carbons (Fsp3) is 1.00. The normalized spacial score (nSPS) is 48.9. The Balaban J connectivity index is 0.000000853. The standard InChI is InChI=1S/C13H25P.H2O/c1-14(2,3)13-7-10-4-11(8-13)6-12(5-10)9-13;/h10-12,14H,4-9H2,1-3H3;1H2. The number of hydrogen-bond donors (Lipinski definition) is 0. The van der Waals surface area contributed by atoms with E-state index in [9.17, 15) is 0 Å². The Kier molecular flexibility index (Phi) is 2.72. The molecule has 0 heterocycles. The minimum absolute atomic E-state index is 0. The predicted octanol–water partition coefficient (Wildman–Crippen LogP) is 2.77. The summed E-state index contributed by atoms with van der Waals surface area (Å²) in [5, 5.41) is 0.877. The van der Waals surface area contributed by atoms with Crippen LogP contribution in [0.3, 0.4) is 0 Å². The summed E-state index contributed by atoms with van der Waals surface area (Å²) < 4.78 is 0. The summed E-state index contributed by atoms with van der Waals surface area (Å²) >= 11 is 0. The van der Waals surface area contributed by atoms with Crippen LogP contribution in [0, 0.1) is 17.8 Å². The van der Waals surface area contributed by atoms with Gasteiger partial charge in [0.25, 0.3) is 0 Å². The first kappa shape index (κ1) is 11.9. The van der Waals surface area contributed by atoms with Gasteiger partial charge in [-0.15, -0.1) is 0 Å². The van der Waals surface area contributed by atoms with Gasteiger partial charge in [-0.05, 0) is 0 Å². The molecule has 90 valence electrons. The van der Waals surface area contributed by atoms with Gasteiger partial charge in [0.15, 0.2) is 0 Å². The molecule has 0 radical (unpaired) electrons. The molecule has 0 amide bonds. The average molecular weight is 230 g/mol. The van der Waals surface area contributed by atoms with E-state index in [4.69, 9.17) is 0 Å². The van der Waals surface area contributed by atoms with Gasteiger partial charge in [-0.2, -0.15) is 0 Å². The smallest absolute Gasteiger partial charge is 0.412 e. The summed E-state index contributed by atoms with van der Waals surface area (Å²) in [5.74, 6) is 3.44. The molecular weight excluding hydrogens is 203 g/mol. The molecule has 4 saturated carbocycles. The predicted molar refractivity (Wildman–Crippen MR) is 70.6 cm³/mol. The first-order chi connectivity index (χ1) is 6.48. The van der Waals surface area contributed by atoms with Gasteiger partial charge >= 0.3 is 88.7 Å². The van der Waals surface area contributed by atoms with E-state index in [0.717, 1.165) is 22.9 Å². The molecule has 4 rings (SSSR count). The van der Waals surface area contributed by atoms with Crippen LogP contribution in [-0.4, -0.2) is 30.6 Å². The second-order valence-electron chi connectivity index (χ2n) is 7.45. The topological polar surface area (TPSA) is 31.5 Å². The van der Waals surface area contributed by atoms with Gasteiger partial charge < -0.3 is 5.48 Å². The van der Waals surface area contributed by atoms with E-state index in [1.165, 1.54) is 0 Å². The van der Waals surface area contributed by atoms with Crippen LogP contribution < -0.4 is 0 Å². The molecule has 4 aliphatic rings. The molecule has 0 unspecified atom stereocenters. The molecule has 1 nitrogen and oxygen atoms in total. The summed E-state index contributed by atoms with van der Waals surface area (Å²) in [6.07, 6.45) is 9.66. The summed E-state index contributed by atoms with van der Waals surface area (Å²) in [7, 11) is -0.909. The molecule has 0 aliphatic heterocycles. The van der Waals surface area contributed by atoms with Crippen molar-refractivity contribution in [1.82, 2.24) is 0 Å². The van der Waals surface area contributed by atoms with Gasteiger partial charge in [0.05, 0.1) is 0 Å². The SMILES string of the molecule is C[PH](C)(C)C12CC3CC(CC(C3)C1)C2.O. The van der Waals surface area contributed by atoms with Gasteiger partial charge in [-0.1, -0.05) is 0 Å². The summed E-state index contributed by atoms with van der Waals surface area (Å²) in [6.45, 7) is 7.88. The summed E-state index contributed by atoms with van der Waals surface area (Å²) in [6, 6.07) is 0. The maximum Gasteiger partial charge on any atom is -0.412 e. The van der Waals surface area contributed by atoms with E-state index in [2.05, 4.69) is 20.0 Å². The van der Waals surface area contributed by atoms with Crippen molar-refractivity contribution in [2.24, 2.45) is 17.8 Å². The van der Waals surface area contributed by atoms with E-state index in [0.29, 0.717) is 0 Å². The maximum absolute atomic E-state index is 2.63. The van der Waals surface area contributed by atoms with Gasteiger partial charge in [-0.3, -0.25) is 0 Å². The Hall–Kier alpha value is 0.390. The molecule has 4 fully saturated rings. The van der Waals surface area contributed by atoms with Crippen molar-refractivity contribution in [3.05, 3.63) is 0 Å². The molecule has 2 heteroatoms. The molecule has 0 atom stereocenters. The zero-order valence-electron chi connectivity index (χ0n) is 10.5. The van der Waals surface area contributed by atoms with Gasteiger partial charge in [0, 0.05) is 0 Å². The molecule has 4 aliphatic carbocycles. The number of hydrogen-bond acceptors (Lipinski definition) is 0. The quantitative estimate of drug-likeness (QED) is 0.620. The minimum atomic E-state index is -0.909. The van der Waals surface area contributed by atoms with E-state index in [1.54, 1.807) is 38.5 Å². The summed E-state index contributed by atoms with van der Waals surface area (Å²) in [4.78, 5) is 0. The fourth-order valence-electron chi connectivity index (χ4n) is 5.03. The third-order valence-corrected chi connectivity index (χ3v) is 9.42. The van der Waals surface area contributed by atoms with Crippen LogP contribution in [0.15, 0.2) is 0 Å². The first-order valence-electron chi connectivity index (χ1n) is 6.48. The fourth-order valence-corrected chi connectivity index (χ4v) is 7.73. The molecule has 15 heavy (non-hydrogen) atoms. The molecule has 0 spiro atoms. The Bertz CT molecular complexity index is 218. The Morgan fingerprint density at radius 1 is 0.800 bits per heavy atom. The number of rotatable bonds is 1. The largest absolute Gasteiger partial charge is 0.412 e. The van der Waals surface area contributed by atoms with Crippen LogP contribution in [-0.2, 0) is 0 Å². The van der Waals surface area contributed by atoms with Crippen LogP contribution in [0.2, 0.25) is 0 Å². The van der Waals surface area contributed by atoms with Crippen LogP contribution in [0.1, 0.15) is 38.5 Å². The second kappa shape index (κ2) is 3.44. The van der Waals surface area contributed by atoms with Gasteiger partial charge in [0.1, 0.15) is 0 Å². The van der Waals surface area contributed by atoms with E-state index in [-0.39, 0.29) is 5.48 Å². The molecule has 0 aromatic carbocycles. The molecule has 0 saturated heterocycles. The van der Waals surface area contributed by atoms with Crippen molar-refractivity contribution in [3.8, 4) is 0 Å². The summed E-state index contributed by atoms with van der Waals surface area (Å²) in [5.41, 5.74) is 0. The zero-order chi connectivity index (χ0) is 9.97. The van der Waals surface area contributed by atoms with Crippen molar-refractivity contribution in [2.45, 2.75) is 43.7 Å². The van der Waals surface area contributed by atoms with Crippen molar-refractivity contribution in [1.29, 1.82) is 0 Å². The van der Waals surface area contributed by atoms with Gasteiger partial charge in [0.2, 0.25) is 0 Å². The zero-order valence-corrected chi connectivity index (χ0v) is 11.5. The monoisotopic (exact) mass is 230 g/mol. The molecule has 4 bridgehead atoms. The van der Waals surface area contributed by atoms with E-state index < -0.39 is 7.26 Å². The van der Waals surface area contributed by atoms with Crippen LogP contribution in [0.4, 0.5) is 0 Å². The minimum Gasteiger partial charge on any atom is -0.412 e. The van der Waals surface area contributed by atoms with Crippen molar-refractivity contribution in [3.63, 3.8) is 0 Å². The molecule has 0 aromatic heterocycles. The Labute approximate surface area is 94.7 Å². The van der Waals surface area contributed by atoms with Crippen LogP contribution >= 0.6 is 7.26 Å². The second-order valence-corrected chi connectivity index (χ2v) is 13.0. The molecular formula is C13H27OP. The third-order valence-electron chi connectivity index (χ3n) is 5.63.